The zero-order valence-corrected chi connectivity index (χ0v) is 18.9. The third-order valence-electron chi connectivity index (χ3n) is 5.68. The Balaban J connectivity index is 1.43. The second-order valence-electron chi connectivity index (χ2n) is 8.11. The lowest BCUT2D eigenvalue weighted by atomic mass is 10.1. The molecule has 6 aromatic heterocycles. The molecule has 11 nitrogen and oxygen atoms in total. The lowest BCUT2D eigenvalue weighted by Crippen LogP contribution is -2.09. The lowest BCUT2D eigenvalue weighted by molar-refractivity contribution is -0.115. The zero-order valence-electron chi connectivity index (χ0n) is 18.9. The van der Waals surface area contributed by atoms with Gasteiger partial charge in [-0.15, -0.1) is 0 Å². The molecule has 0 spiro atoms. The molecule has 0 fully saturated rings. The summed E-state index contributed by atoms with van der Waals surface area (Å²) in [5.41, 5.74) is 6.82. The molecule has 0 aromatic carbocycles. The third kappa shape index (κ3) is 3.68. The number of hydrogen-bond donors (Lipinski definition) is 3. The van der Waals surface area contributed by atoms with Crippen molar-refractivity contribution in [2.75, 3.05) is 5.32 Å². The molecular weight excluding hydrogens is 444 g/mol. The van der Waals surface area contributed by atoms with Crippen molar-refractivity contribution in [1.29, 1.82) is 0 Å². The van der Waals surface area contributed by atoms with Gasteiger partial charge in [0.05, 0.1) is 64.9 Å². The van der Waals surface area contributed by atoms with Crippen LogP contribution < -0.4 is 5.32 Å². The Bertz CT molecular complexity index is 1710. The fraction of sp³-hybridized carbons (Fsp3) is 0.125. The zero-order chi connectivity index (χ0) is 23.9. The molecule has 1 amide bonds. The summed E-state index contributed by atoms with van der Waals surface area (Å²) in [6.07, 6.45) is 12.6. The van der Waals surface area contributed by atoms with Crippen molar-refractivity contribution in [2.24, 2.45) is 0 Å². The van der Waals surface area contributed by atoms with E-state index < -0.39 is 0 Å². The maximum absolute atomic E-state index is 11.8. The minimum absolute atomic E-state index is 0.0749. The molecule has 0 bridgehead atoms. The van der Waals surface area contributed by atoms with Gasteiger partial charge in [0.1, 0.15) is 11.2 Å². The van der Waals surface area contributed by atoms with E-state index in [1.165, 1.54) is 0 Å². The standard InChI is InChI=1S/C24H20N10O/c1-3-21(35)29-15-4-14(6-25-7-15)17-5-16-18(9-27-17)32-33-22(16)24-30-19-8-26-10-20(23(19)31-24)34-11-13(2)28-12-34/h4-12H,3H2,1-2H3,(H,29,35)(H,30,31)(H,32,33). The second kappa shape index (κ2) is 8.13. The summed E-state index contributed by atoms with van der Waals surface area (Å²) in [5, 5.41) is 11.2. The van der Waals surface area contributed by atoms with Crippen molar-refractivity contribution in [3.05, 3.63) is 61.3 Å². The van der Waals surface area contributed by atoms with Crippen molar-refractivity contribution < 1.29 is 4.79 Å². The van der Waals surface area contributed by atoms with Gasteiger partial charge in [0.25, 0.3) is 0 Å². The van der Waals surface area contributed by atoms with E-state index >= 15 is 0 Å². The molecule has 6 heterocycles. The summed E-state index contributed by atoms with van der Waals surface area (Å²) in [4.78, 5) is 37.4. The molecule has 172 valence electrons. The van der Waals surface area contributed by atoms with Crippen molar-refractivity contribution in [2.45, 2.75) is 20.3 Å². The fourth-order valence-electron chi connectivity index (χ4n) is 3.93. The maximum atomic E-state index is 11.8. The number of hydrogen-bond acceptors (Lipinski definition) is 7. The Kier molecular flexibility index (Phi) is 4.80. The van der Waals surface area contributed by atoms with E-state index in [4.69, 9.17) is 4.98 Å². The number of nitrogens with zero attached hydrogens (tertiary/aromatic N) is 7. The Morgan fingerprint density at radius 2 is 1.94 bits per heavy atom. The minimum Gasteiger partial charge on any atom is -0.335 e. The number of aryl methyl sites for hydroxylation is 1. The Hall–Kier alpha value is -4.93. The van der Waals surface area contributed by atoms with E-state index in [0.717, 1.165) is 38.9 Å². The van der Waals surface area contributed by atoms with Gasteiger partial charge in [-0.05, 0) is 19.1 Å². The number of H-pyrrole nitrogens is 2. The molecule has 3 N–H and O–H groups in total. The normalized spacial score (nSPS) is 11.4. The summed E-state index contributed by atoms with van der Waals surface area (Å²) in [6.45, 7) is 3.74. The molecule has 0 saturated heterocycles. The lowest BCUT2D eigenvalue weighted by Gasteiger charge is -2.06. The molecule has 0 saturated carbocycles. The van der Waals surface area contributed by atoms with E-state index in [1.54, 1.807) is 44.2 Å². The summed E-state index contributed by atoms with van der Waals surface area (Å²) in [5.74, 6) is 0.533. The molecule has 0 unspecified atom stereocenters. The number of anilines is 1. The summed E-state index contributed by atoms with van der Waals surface area (Å²) < 4.78 is 1.90. The Morgan fingerprint density at radius 1 is 1.06 bits per heavy atom. The van der Waals surface area contributed by atoms with Crippen LogP contribution in [0.5, 0.6) is 0 Å². The number of fused-ring (bicyclic) bond motifs is 2. The fourth-order valence-corrected chi connectivity index (χ4v) is 3.93. The van der Waals surface area contributed by atoms with Crippen molar-refractivity contribution in [1.82, 2.24) is 44.7 Å². The molecule has 11 heteroatoms. The van der Waals surface area contributed by atoms with Crippen LogP contribution in [0.4, 0.5) is 5.69 Å². The van der Waals surface area contributed by atoms with Crippen LogP contribution in [0.15, 0.2) is 55.6 Å². The number of rotatable bonds is 5. The van der Waals surface area contributed by atoms with Crippen LogP contribution in [0.25, 0.3) is 50.4 Å². The van der Waals surface area contributed by atoms with Crippen LogP contribution in [0.1, 0.15) is 19.0 Å². The molecule has 0 aliphatic heterocycles. The van der Waals surface area contributed by atoms with Crippen LogP contribution in [0, 0.1) is 6.92 Å². The molecular formula is C24H20N10O. The average molecular weight is 464 g/mol. The summed E-state index contributed by atoms with van der Waals surface area (Å²) >= 11 is 0. The van der Waals surface area contributed by atoms with Gasteiger partial charge >= 0.3 is 0 Å². The van der Waals surface area contributed by atoms with E-state index in [0.29, 0.717) is 29.3 Å². The molecule has 0 aliphatic rings. The van der Waals surface area contributed by atoms with Gasteiger partial charge in [-0.2, -0.15) is 5.10 Å². The Labute approximate surface area is 198 Å². The molecule has 35 heavy (non-hydrogen) atoms. The first-order chi connectivity index (χ1) is 17.1. The number of carbonyl (C=O) groups excluding carboxylic acids is 1. The van der Waals surface area contributed by atoms with Crippen molar-refractivity contribution >= 4 is 33.5 Å². The Morgan fingerprint density at radius 3 is 2.77 bits per heavy atom. The minimum atomic E-state index is -0.0749. The van der Waals surface area contributed by atoms with Crippen LogP contribution in [0.2, 0.25) is 0 Å². The second-order valence-corrected chi connectivity index (χ2v) is 8.11. The van der Waals surface area contributed by atoms with Gasteiger partial charge in [0.15, 0.2) is 5.82 Å². The van der Waals surface area contributed by atoms with Crippen molar-refractivity contribution in [3.63, 3.8) is 0 Å². The predicted octanol–water partition coefficient (Wildman–Crippen LogP) is 3.80. The van der Waals surface area contributed by atoms with Gasteiger partial charge in [-0.25, -0.2) is 9.97 Å². The molecule has 0 aliphatic carbocycles. The van der Waals surface area contributed by atoms with Crippen LogP contribution in [-0.4, -0.2) is 50.6 Å². The monoisotopic (exact) mass is 464 g/mol. The van der Waals surface area contributed by atoms with Crippen LogP contribution in [-0.2, 0) is 4.79 Å². The quantitative estimate of drug-likeness (QED) is 0.352. The van der Waals surface area contributed by atoms with Gasteiger partial charge in [-0.3, -0.25) is 24.8 Å². The third-order valence-corrected chi connectivity index (χ3v) is 5.68. The molecule has 6 rings (SSSR count). The molecule has 0 atom stereocenters. The maximum Gasteiger partial charge on any atom is 0.224 e. The number of imidazole rings is 2. The van der Waals surface area contributed by atoms with Gasteiger partial charge in [0, 0.05) is 29.8 Å². The van der Waals surface area contributed by atoms with Gasteiger partial charge in [0.2, 0.25) is 5.91 Å². The predicted molar refractivity (Wildman–Crippen MR) is 131 cm³/mol. The number of carbonyl (C=O) groups is 1. The van der Waals surface area contributed by atoms with Gasteiger partial charge in [-0.1, -0.05) is 6.92 Å². The topological polar surface area (TPSA) is 143 Å². The summed E-state index contributed by atoms with van der Waals surface area (Å²) in [6, 6.07) is 3.78. The highest BCUT2D eigenvalue weighted by Gasteiger charge is 2.17. The SMILES string of the molecule is CCC(=O)Nc1cncc(-c2cc3c(-c4nc5c(-n6cnc(C)c6)cncc5[nH]4)n[nH]c3cn2)c1. The van der Waals surface area contributed by atoms with Crippen molar-refractivity contribution in [3.8, 4) is 28.5 Å². The van der Waals surface area contributed by atoms with E-state index in [-0.39, 0.29) is 5.91 Å². The number of nitrogens with one attached hydrogen (secondary N) is 3. The number of amides is 1. The first-order valence-electron chi connectivity index (χ1n) is 11.0. The highest BCUT2D eigenvalue weighted by atomic mass is 16.1. The number of pyridine rings is 3. The van der Waals surface area contributed by atoms with Gasteiger partial charge < -0.3 is 14.9 Å². The highest BCUT2D eigenvalue weighted by Crippen LogP contribution is 2.30. The van der Waals surface area contributed by atoms with Crippen LogP contribution >= 0.6 is 0 Å². The average Bonchev–Trinajstić information content (AvgIpc) is 3.61. The number of aromatic amines is 2. The van der Waals surface area contributed by atoms with E-state index in [2.05, 4.69) is 40.4 Å². The molecule has 0 radical (unpaired) electrons. The summed E-state index contributed by atoms with van der Waals surface area (Å²) in [7, 11) is 0. The van der Waals surface area contributed by atoms with Crippen LogP contribution in [0.3, 0.4) is 0 Å². The first-order valence-corrected chi connectivity index (χ1v) is 11.0. The molecule has 6 aromatic rings. The largest absolute Gasteiger partial charge is 0.335 e. The smallest absolute Gasteiger partial charge is 0.224 e. The first kappa shape index (κ1) is 20.7. The highest BCUT2D eigenvalue weighted by molar-refractivity contribution is 5.96. The van der Waals surface area contributed by atoms with E-state index in [1.807, 2.05) is 29.8 Å². The number of aromatic nitrogens is 9. The van der Waals surface area contributed by atoms with E-state index in [9.17, 15) is 4.79 Å².